The molecule has 1 nitrogen and oxygen atoms in total. The zero-order valence-electron chi connectivity index (χ0n) is 15.7. The van der Waals surface area contributed by atoms with Crippen LogP contribution in [0.25, 0.3) is 11.3 Å². The lowest BCUT2D eigenvalue weighted by atomic mass is 10.0. The number of pyridine rings is 1. The highest BCUT2D eigenvalue weighted by Crippen LogP contribution is 2.22. The van der Waals surface area contributed by atoms with Crippen LogP contribution < -0.4 is 5.19 Å². The molecule has 1 aromatic heterocycles. The third kappa shape index (κ3) is 4.78. The lowest BCUT2D eigenvalue weighted by Gasteiger charge is -2.21. The molecule has 2 rings (SSSR count). The Morgan fingerprint density at radius 3 is 2.13 bits per heavy atom. The molecule has 0 aliphatic heterocycles. The van der Waals surface area contributed by atoms with Gasteiger partial charge in [-0.25, -0.2) is 0 Å². The molecular weight excluding hydrogens is 294 g/mol. The van der Waals surface area contributed by atoms with Crippen molar-refractivity contribution >= 4 is 13.3 Å². The van der Waals surface area contributed by atoms with Gasteiger partial charge in [-0.15, -0.1) is 0 Å². The van der Waals surface area contributed by atoms with E-state index in [1.54, 1.807) is 0 Å². The van der Waals surface area contributed by atoms with Crippen molar-refractivity contribution in [1.82, 2.24) is 4.98 Å². The van der Waals surface area contributed by atoms with Gasteiger partial charge in [-0.2, -0.15) is 0 Å². The van der Waals surface area contributed by atoms with Crippen molar-refractivity contribution in [1.29, 1.82) is 0 Å². The van der Waals surface area contributed by atoms with Crippen molar-refractivity contribution in [3.05, 3.63) is 47.2 Å². The summed E-state index contributed by atoms with van der Waals surface area (Å²) < 4.78 is 0. The van der Waals surface area contributed by atoms with Crippen molar-refractivity contribution in [3.63, 3.8) is 0 Å². The highest BCUT2D eigenvalue weighted by atomic mass is 28.3. The number of unbranched alkanes of at least 4 members (excludes halogenated alkanes) is 2. The fourth-order valence-electron chi connectivity index (χ4n) is 3.23. The number of aryl methyl sites for hydroxylation is 3. The second-order valence-electron chi connectivity index (χ2n) is 7.81. The van der Waals surface area contributed by atoms with Gasteiger partial charge in [0.25, 0.3) is 0 Å². The first kappa shape index (κ1) is 17.9. The van der Waals surface area contributed by atoms with Gasteiger partial charge >= 0.3 is 0 Å². The lowest BCUT2D eigenvalue weighted by Crippen LogP contribution is -2.40. The van der Waals surface area contributed by atoms with Crippen LogP contribution in [-0.4, -0.2) is 13.1 Å². The number of nitrogens with zero attached hydrogens (tertiary/aromatic N) is 1. The van der Waals surface area contributed by atoms with Crippen LogP contribution in [0.1, 0.15) is 42.9 Å². The van der Waals surface area contributed by atoms with Crippen molar-refractivity contribution < 1.29 is 0 Å². The Bertz CT molecular complexity index is 648. The van der Waals surface area contributed by atoms with Gasteiger partial charge in [0.15, 0.2) is 0 Å². The van der Waals surface area contributed by atoms with Crippen molar-refractivity contribution in [2.45, 2.75) is 66.1 Å². The average molecular weight is 326 g/mol. The third-order valence-corrected chi connectivity index (χ3v) is 6.43. The van der Waals surface area contributed by atoms with Gasteiger partial charge < -0.3 is 0 Å². The van der Waals surface area contributed by atoms with E-state index in [0.29, 0.717) is 0 Å². The van der Waals surface area contributed by atoms with Crippen LogP contribution in [0.5, 0.6) is 0 Å². The van der Waals surface area contributed by atoms with Gasteiger partial charge in [0.1, 0.15) is 0 Å². The van der Waals surface area contributed by atoms with E-state index in [2.05, 4.69) is 70.9 Å². The summed E-state index contributed by atoms with van der Waals surface area (Å²) in [6.07, 6.45) is 7.22. The Kier molecular flexibility index (Phi) is 5.80. The highest BCUT2D eigenvalue weighted by molar-refractivity contribution is 6.89. The molecule has 0 aliphatic rings. The molecule has 0 saturated heterocycles. The first-order valence-electron chi connectivity index (χ1n) is 8.89. The van der Waals surface area contributed by atoms with Gasteiger partial charge in [0.05, 0.1) is 13.8 Å². The Balaban J connectivity index is 2.44. The van der Waals surface area contributed by atoms with Crippen LogP contribution >= 0.6 is 0 Å². The van der Waals surface area contributed by atoms with E-state index in [0.717, 1.165) is 5.69 Å². The molecule has 0 bridgehead atoms. The molecule has 0 unspecified atom stereocenters. The minimum atomic E-state index is -1.35. The average Bonchev–Trinajstić information content (AvgIpc) is 2.45. The van der Waals surface area contributed by atoms with Crippen LogP contribution in [0.15, 0.2) is 30.5 Å². The van der Waals surface area contributed by atoms with Crippen molar-refractivity contribution in [2.24, 2.45) is 0 Å². The summed E-state index contributed by atoms with van der Waals surface area (Å²) in [4.78, 5) is 4.82. The molecule has 0 radical (unpaired) electrons. The second-order valence-corrected chi connectivity index (χ2v) is 12.8. The van der Waals surface area contributed by atoms with E-state index in [1.165, 1.54) is 53.1 Å². The summed E-state index contributed by atoms with van der Waals surface area (Å²) in [5.74, 6) is 0. The molecule has 2 heteroatoms. The lowest BCUT2D eigenvalue weighted by molar-refractivity contribution is 0.718. The van der Waals surface area contributed by atoms with Gasteiger partial charge in [0.2, 0.25) is 0 Å². The van der Waals surface area contributed by atoms with Crippen molar-refractivity contribution in [3.8, 4) is 11.3 Å². The summed E-state index contributed by atoms with van der Waals surface area (Å²) in [7, 11) is -1.35. The monoisotopic (exact) mass is 325 g/mol. The molecule has 0 fully saturated rings. The van der Waals surface area contributed by atoms with E-state index in [1.807, 2.05) is 0 Å². The zero-order valence-corrected chi connectivity index (χ0v) is 16.7. The molecule has 0 atom stereocenters. The molecule has 124 valence electrons. The van der Waals surface area contributed by atoms with Crippen LogP contribution in [0.3, 0.4) is 0 Å². The van der Waals surface area contributed by atoms with Crippen LogP contribution in [0.4, 0.5) is 0 Å². The second kappa shape index (κ2) is 7.44. The van der Waals surface area contributed by atoms with E-state index in [-0.39, 0.29) is 0 Å². The number of aromatic nitrogens is 1. The summed E-state index contributed by atoms with van der Waals surface area (Å²) in [5, 5.41) is 1.53. The number of hydrogen-bond donors (Lipinski definition) is 0. The SMILES string of the molecule is CCCCCc1cc(-c2cc(C)cc(C)c2)ncc1[Si](C)(C)C. The van der Waals surface area contributed by atoms with E-state index in [4.69, 9.17) is 4.98 Å². The predicted molar refractivity (Wildman–Crippen MR) is 105 cm³/mol. The topological polar surface area (TPSA) is 12.9 Å². The Morgan fingerprint density at radius 1 is 0.913 bits per heavy atom. The number of rotatable bonds is 6. The highest BCUT2D eigenvalue weighted by Gasteiger charge is 2.21. The molecule has 0 N–H and O–H groups in total. The van der Waals surface area contributed by atoms with E-state index >= 15 is 0 Å². The van der Waals surface area contributed by atoms with Crippen LogP contribution in [0.2, 0.25) is 19.6 Å². The maximum absolute atomic E-state index is 4.82. The third-order valence-electron chi connectivity index (χ3n) is 4.36. The largest absolute Gasteiger partial charge is 0.256 e. The van der Waals surface area contributed by atoms with Crippen LogP contribution in [0, 0.1) is 13.8 Å². The fraction of sp³-hybridized carbons (Fsp3) is 0.476. The first-order valence-corrected chi connectivity index (χ1v) is 12.4. The maximum Gasteiger partial charge on any atom is 0.0799 e. The molecule has 0 aliphatic carbocycles. The molecule has 0 saturated carbocycles. The Labute approximate surface area is 143 Å². The molecule has 1 aromatic carbocycles. The smallest absolute Gasteiger partial charge is 0.0799 e. The summed E-state index contributed by atoms with van der Waals surface area (Å²) in [5.41, 5.74) is 6.53. The van der Waals surface area contributed by atoms with Crippen LogP contribution in [-0.2, 0) is 6.42 Å². The predicted octanol–water partition coefficient (Wildman–Crippen LogP) is 5.64. The summed E-state index contributed by atoms with van der Waals surface area (Å²) in [6, 6.07) is 9.08. The van der Waals surface area contributed by atoms with E-state index < -0.39 is 8.07 Å². The minimum Gasteiger partial charge on any atom is -0.256 e. The first-order chi connectivity index (χ1) is 10.8. The summed E-state index contributed by atoms with van der Waals surface area (Å²) in [6.45, 7) is 13.9. The Morgan fingerprint density at radius 2 is 1.57 bits per heavy atom. The van der Waals surface area contributed by atoms with E-state index in [9.17, 15) is 0 Å². The van der Waals surface area contributed by atoms with Gasteiger partial charge in [-0.3, -0.25) is 4.98 Å². The quantitative estimate of drug-likeness (QED) is 0.494. The maximum atomic E-state index is 4.82. The molecule has 1 heterocycles. The normalized spacial score (nSPS) is 11.7. The molecular formula is C21H31NSi. The molecule has 23 heavy (non-hydrogen) atoms. The fourth-order valence-corrected chi connectivity index (χ4v) is 4.84. The molecule has 2 aromatic rings. The molecule has 0 amide bonds. The summed E-state index contributed by atoms with van der Waals surface area (Å²) >= 11 is 0. The minimum absolute atomic E-state index is 1.13. The van der Waals surface area contributed by atoms with Gasteiger partial charge in [0, 0.05) is 11.8 Å². The standard InChI is InChI=1S/C21H31NSi/c1-7-8-9-10-18-14-20(22-15-21(18)23(4,5)6)19-12-16(2)11-17(3)13-19/h11-15H,7-10H2,1-6H3. The van der Waals surface area contributed by atoms with Gasteiger partial charge in [-0.05, 0) is 55.6 Å². The zero-order chi connectivity index (χ0) is 17.0. The number of benzene rings is 1. The molecule has 0 spiro atoms. The number of hydrogen-bond acceptors (Lipinski definition) is 1. The van der Waals surface area contributed by atoms with Crippen molar-refractivity contribution in [2.75, 3.05) is 0 Å². The Hall–Kier alpha value is -1.41. The van der Waals surface area contributed by atoms with Gasteiger partial charge in [-0.1, -0.05) is 56.6 Å².